The topological polar surface area (TPSA) is 103 Å². The molecule has 2 aromatic carbocycles. The lowest BCUT2D eigenvalue weighted by Gasteiger charge is -2.26. The van der Waals surface area contributed by atoms with Crippen LogP contribution in [-0.2, 0) is 14.8 Å². The van der Waals surface area contributed by atoms with Crippen molar-refractivity contribution in [3.05, 3.63) is 42.0 Å². The Labute approximate surface area is 194 Å². The van der Waals surface area contributed by atoms with E-state index < -0.39 is 10.0 Å². The number of sulfonamides is 1. The van der Waals surface area contributed by atoms with Gasteiger partial charge in [-0.1, -0.05) is 0 Å². The van der Waals surface area contributed by atoms with Crippen LogP contribution in [-0.4, -0.2) is 60.8 Å². The van der Waals surface area contributed by atoms with Crippen molar-refractivity contribution in [3.63, 3.8) is 0 Å². The highest BCUT2D eigenvalue weighted by Gasteiger charge is 2.32. The Kier molecular flexibility index (Phi) is 8.04. The molecule has 10 heteroatoms. The van der Waals surface area contributed by atoms with E-state index in [1.165, 1.54) is 32.4 Å². The van der Waals surface area contributed by atoms with E-state index in [2.05, 4.69) is 4.72 Å². The lowest BCUT2D eigenvalue weighted by molar-refractivity contribution is -0.132. The molecule has 0 aromatic heterocycles. The molecule has 180 valence electrons. The molecular weight excluding hydrogens is 448 g/mol. The summed E-state index contributed by atoms with van der Waals surface area (Å²) in [5.74, 6) is 1.96. The van der Waals surface area contributed by atoms with Crippen LogP contribution in [0.25, 0.3) is 0 Å². The first-order valence-corrected chi connectivity index (χ1v) is 12.1. The molecule has 0 saturated carbocycles. The maximum atomic E-state index is 12.9. The van der Waals surface area contributed by atoms with E-state index in [1.54, 1.807) is 25.2 Å². The quantitative estimate of drug-likeness (QED) is 0.560. The van der Waals surface area contributed by atoms with Crippen LogP contribution in [0.5, 0.6) is 23.0 Å². The molecule has 1 N–H and O–H groups in total. The van der Waals surface area contributed by atoms with Crippen molar-refractivity contribution in [1.82, 2.24) is 9.62 Å². The summed E-state index contributed by atoms with van der Waals surface area (Å²) >= 11 is 0. The van der Waals surface area contributed by atoms with Crippen LogP contribution in [0.15, 0.2) is 41.3 Å². The third-order valence-corrected chi connectivity index (χ3v) is 7.13. The maximum Gasteiger partial charge on any atom is 0.240 e. The predicted molar refractivity (Wildman–Crippen MR) is 123 cm³/mol. The molecule has 2 aromatic rings. The van der Waals surface area contributed by atoms with Gasteiger partial charge in [-0.3, -0.25) is 4.79 Å². The number of ether oxygens (including phenoxy) is 4. The van der Waals surface area contributed by atoms with Crippen LogP contribution in [0.2, 0.25) is 0 Å². The minimum atomic E-state index is -3.81. The highest BCUT2D eigenvalue weighted by Crippen LogP contribution is 2.39. The van der Waals surface area contributed by atoms with E-state index in [0.29, 0.717) is 29.5 Å². The molecule has 0 spiro atoms. The second-order valence-corrected chi connectivity index (χ2v) is 9.28. The Balaban J connectivity index is 1.66. The lowest BCUT2D eigenvalue weighted by atomic mass is 10.0. The highest BCUT2D eigenvalue weighted by atomic mass is 32.2. The Bertz CT molecular complexity index is 1090. The highest BCUT2D eigenvalue weighted by molar-refractivity contribution is 7.89. The fourth-order valence-electron chi connectivity index (χ4n) is 3.99. The Morgan fingerprint density at radius 1 is 0.970 bits per heavy atom. The Hall–Kier alpha value is -2.98. The van der Waals surface area contributed by atoms with Gasteiger partial charge >= 0.3 is 0 Å². The normalized spacial score (nSPS) is 15.9. The monoisotopic (exact) mass is 478 g/mol. The van der Waals surface area contributed by atoms with Gasteiger partial charge in [0.25, 0.3) is 0 Å². The summed E-state index contributed by atoms with van der Waals surface area (Å²) in [7, 11) is 2.27. The number of rotatable bonds is 10. The first kappa shape index (κ1) is 24.7. The van der Waals surface area contributed by atoms with Crippen LogP contribution >= 0.6 is 0 Å². The number of amides is 1. The largest absolute Gasteiger partial charge is 0.497 e. The molecule has 0 radical (unpaired) electrons. The summed E-state index contributed by atoms with van der Waals surface area (Å²) in [6.45, 7) is 0.597. The van der Waals surface area contributed by atoms with Crippen LogP contribution in [0.1, 0.15) is 30.9 Å². The summed E-state index contributed by atoms with van der Waals surface area (Å²) < 4.78 is 48.9. The zero-order valence-corrected chi connectivity index (χ0v) is 20.1. The zero-order chi connectivity index (χ0) is 24.0. The van der Waals surface area contributed by atoms with E-state index in [-0.39, 0.29) is 29.8 Å². The SMILES string of the molecule is COc1ccc(C2CCCN2C(=O)CCNS(=O)(=O)c2ccc(OC)c(OC)c2)c(OC)c1. The van der Waals surface area contributed by atoms with Gasteiger partial charge in [0.2, 0.25) is 15.9 Å². The Morgan fingerprint density at radius 2 is 1.70 bits per heavy atom. The van der Waals surface area contributed by atoms with Gasteiger partial charge in [0, 0.05) is 37.2 Å². The molecule has 0 aliphatic carbocycles. The summed E-state index contributed by atoms with van der Waals surface area (Å²) in [5, 5.41) is 0. The number of hydrogen-bond donors (Lipinski definition) is 1. The van der Waals surface area contributed by atoms with Crippen LogP contribution in [0.3, 0.4) is 0 Å². The van der Waals surface area contributed by atoms with Crippen LogP contribution in [0.4, 0.5) is 0 Å². The van der Waals surface area contributed by atoms with E-state index in [4.69, 9.17) is 18.9 Å². The summed E-state index contributed by atoms with van der Waals surface area (Å²) in [4.78, 5) is 14.8. The van der Waals surface area contributed by atoms with Crippen molar-refractivity contribution in [1.29, 1.82) is 0 Å². The molecule has 1 unspecified atom stereocenters. The molecule has 33 heavy (non-hydrogen) atoms. The Morgan fingerprint density at radius 3 is 2.36 bits per heavy atom. The average Bonchev–Trinajstić information content (AvgIpc) is 3.32. The molecule has 1 aliphatic heterocycles. The molecule has 3 rings (SSSR count). The molecule has 0 bridgehead atoms. The fraction of sp³-hybridized carbons (Fsp3) is 0.435. The molecule has 1 aliphatic rings. The number of nitrogens with zero attached hydrogens (tertiary/aromatic N) is 1. The number of nitrogens with one attached hydrogen (secondary N) is 1. The summed E-state index contributed by atoms with van der Waals surface area (Å²) in [5.41, 5.74) is 0.912. The number of benzene rings is 2. The van der Waals surface area contributed by atoms with Crippen LogP contribution < -0.4 is 23.7 Å². The van der Waals surface area contributed by atoms with Gasteiger partial charge in [0.1, 0.15) is 11.5 Å². The molecular formula is C23H30N2O7S. The average molecular weight is 479 g/mol. The maximum absolute atomic E-state index is 12.9. The molecule has 1 amide bonds. The van der Waals surface area contributed by atoms with Gasteiger partial charge in [-0.25, -0.2) is 13.1 Å². The van der Waals surface area contributed by atoms with Crippen molar-refractivity contribution >= 4 is 15.9 Å². The zero-order valence-electron chi connectivity index (χ0n) is 19.3. The van der Waals surface area contributed by atoms with E-state index in [0.717, 1.165) is 18.4 Å². The van der Waals surface area contributed by atoms with Gasteiger partial charge in [-0.15, -0.1) is 0 Å². The van der Waals surface area contributed by atoms with Gasteiger partial charge < -0.3 is 23.8 Å². The van der Waals surface area contributed by atoms with Gasteiger partial charge in [-0.2, -0.15) is 0 Å². The molecule has 1 atom stereocenters. The lowest BCUT2D eigenvalue weighted by Crippen LogP contribution is -2.34. The molecule has 9 nitrogen and oxygen atoms in total. The number of hydrogen-bond acceptors (Lipinski definition) is 7. The van der Waals surface area contributed by atoms with Crippen molar-refractivity contribution < 1.29 is 32.2 Å². The standard InChI is InChI=1S/C23H30N2O7S/c1-29-16-7-9-18(21(14-16)31-3)19-6-5-13-25(19)23(26)11-12-24-33(27,28)17-8-10-20(30-2)22(15-17)32-4/h7-10,14-15,19,24H,5-6,11-13H2,1-4H3. The van der Waals surface area contributed by atoms with E-state index in [9.17, 15) is 13.2 Å². The second-order valence-electron chi connectivity index (χ2n) is 7.52. The number of carbonyl (C=O) groups is 1. The van der Waals surface area contributed by atoms with E-state index >= 15 is 0 Å². The number of likely N-dealkylation sites (tertiary alicyclic amines) is 1. The van der Waals surface area contributed by atoms with Gasteiger partial charge in [0.05, 0.1) is 39.4 Å². The number of carbonyl (C=O) groups excluding carboxylic acids is 1. The molecule has 1 heterocycles. The smallest absolute Gasteiger partial charge is 0.240 e. The molecule has 1 saturated heterocycles. The fourth-order valence-corrected chi connectivity index (χ4v) is 5.03. The van der Waals surface area contributed by atoms with Crippen molar-refractivity contribution in [2.45, 2.75) is 30.2 Å². The summed E-state index contributed by atoms with van der Waals surface area (Å²) in [6, 6.07) is 9.77. The van der Waals surface area contributed by atoms with Crippen molar-refractivity contribution in [3.8, 4) is 23.0 Å². The summed E-state index contributed by atoms with van der Waals surface area (Å²) in [6.07, 6.45) is 1.72. The van der Waals surface area contributed by atoms with Gasteiger partial charge in [0.15, 0.2) is 11.5 Å². The van der Waals surface area contributed by atoms with Crippen LogP contribution in [0, 0.1) is 0 Å². The third-order valence-electron chi connectivity index (χ3n) is 5.67. The second kappa shape index (κ2) is 10.8. The van der Waals surface area contributed by atoms with Crippen molar-refractivity contribution in [2.24, 2.45) is 0 Å². The molecule has 1 fully saturated rings. The van der Waals surface area contributed by atoms with Gasteiger partial charge in [-0.05, 0) is 37.1 Å². The third kappa shape index (κ3) is 5.51. The predicted octanol–water partition coefficient (Wildman–Crippen LogP) is 2.75. The number of methoxy groups -OCH3 is 4. The minimum absolute atomic E-state index is 0.0154. The minimum Gasteiger partial charge on any atom is -0.497 e. The van der Waals surface area contributed by atoms with E-state index in [1.807, 2.05) is 12.1 Å². The first-order valence-electron chi connectivity index (χ1n) is 10.6. The van der Waals surface area contributed by atoms with Crippen molar-refractivity contribution in [2.75, 3.05) is 41.5 Å². The first-order chi connectivity index (χ1) is 15.8.